The summed E-state index contributed by atoms with van der Waals surface area (Å²) in [6.07, 6.45) is 0. The molecule has 0 aromatic heterocycles. The molecule has 0 atom stereocenters. The molecule has 0 aliphatic carbocycles. The highest BCUT2D eigenvalue weighted by atomic mass is 79.9. The Hall–Kier alpha value is -1.82. The topological polar surface area (TPSA) is 47.3 Å². The van der Waals surface area contributed by atoms with Crippen LogP contribution >= 0.6 is 15.9 Å². The van der Waals surface area contributed by atoms with Crippen LogP contribution < -0.4 is 15.8 Å². The van der Waals surface area contributed by atoms with Crippen molar-refractivity contribution < 1.29 is 13.5 Å². The predicted octanol–water partition coefficient (Wildman–Crippen LogP) is 4.38. The SMILES string of the molecule is Nc1cc(Br)ccc1Nc1ccc(OC(F)F)cc1. The van der Waals surface area contributed by atoms with Crippen molar-refractivity contribution in [3.05, 3.63) is 46.9 Å². The average Bonchev–Trinajstić information content (AvgIpc) is 2.34. The fourth-order valence-electron chi connectivity index (χ4n) is 1.52. The number of ether oxygens (including phenoxy) is 1. The number of halogens is 3. The molecule has 3 N–H and O–H groups in total. The highest BCUT2D eigenvalue weighted by Crippen LogP contribution is 2.27. The number of nitrogens with two attached hydrogens (primary N) is 1. The summed E-state index contributed by atoms with van der Waals surface area (Å²) in [5, 5.41) is 3.09. The molecule has 0 aliphatic rings. The molecule has 0 fully saturated rings. The fourth-order valence-corrected chi connectivity index (χ4v) is 1.90. The molecule has 100 valence electrons. The van der Waals surface area contributed by atoms with Crippen molar-refractivity contribution in [3.8, 4) is 5.75 Å². The van der Waals surface area contributed by atoms with Gasteiger partial charge in [-0.3, -0.25) is 0 Å². The number of benzene rings is 2. The van der Waals surface area contributed by atoms with Gasteiger partial charge in [-0.2, -0.15) is 8.78 Å². The van der Waals surface area contributed by atoms with Crippen LogP contribution in [0.5, 0.6) is 5.75 Å². The van der Waals surface area contributed by atoms with Gasteiger partial charge < -0.3 is 15.8 Å². The average molecular weight is 329 g/mol. The van der Waals surface area contributed by atoms with Gasteiger partial charge in [-0.05, 0) is 42.5 Å². The third-order valence-corrected chi connectivity index (χ3v) is 2.87. The zero-order valence-electron chi connectivity index (χ0n) is 9.74. The van der Waals surface area contributed by atoms with E-state index in [1.165, 1.54) is 12.1 Å². The summed E-state index contributed by atoms with van der Waals surface area (Å²) in [4.78, 5) is 0. The molecule has 6 heteroatoms. The first-order valence-electron chi connectivity index (χ1n) is 5.41. The van der Waals surface area contributed by atoms with Crippen molar-refractivity contribution in [2.75, 3.05) is 11.1 Å². The number of hydrogen-bond donors (Lipinski definition) is 2. The molecular weight excluding hydrogens is 318 g/mol. The Labute approximate surface area is 117 Å². The molecule has 2 aromatic carbocycles. The van der Waals surface area contributed by atoms with E-state index in [0.717, 1.165) is 15.8 Å². The van der Waals surface area contributed by atoms with E-state index in [2.05, 4.69) is 26.0 Å². The largest absolute Gasteiger partial charge is 0.435 e. The van der Waals surface area contributed by atoms with E-state index in [-0.39, 0.29) is 5.75 Å². The van der Waals surface area contributed by atoms with Gasteiger partial charge >= 0.3 is 6.61 Å². The van der Waals surface area contributed by atoms with E-state index in [1.54, 1.807) is 18.2 Å². The second-order valence-electron chi connectivity index (χ2n) is 3.76. The van der Waals surface area contributed by atoms with Gasteiger partial charge in [-0.15, -0.1) is 0 Å². The monoisotopic (exact) mass is 328 g/mol. The van der Waals surface area contributed by atoms with E-state index < -0.39 is 6.61 Å². The molecule has 0 bridgehead atoms. The summed E-state index contributed by atoms with van der Waals surface area (Å²) in [6, 6.07) is 11.7. The first kappa shape index (κ1) is 13.6. The van der Waals surface area contributed by atoms with Crippen molar-refractivity contribution in [1.82, 2.24) is 0 Å². The van der Waals surface area contributed by atoms with Crippen LogP contribution in [-0.4, -0.2) is 6.61 Å². The van der Waals surface area contributed by atoms with Gasteiger partial charge in [0.25, 0.3) is 0 Å². The fraction of sp³-hybridized carbons (Fsp3) is 0.0769. The van der Waals surface area contributed by atoms with Gasteiger partial charge in [0, 0.05) is 10.2 Å². The maximum absolute atomic E-state index is 12.0. The normalized spacial score (nSPS) is 10.5. The van der Waals surface area contributed by atoms with Crippen molar-refractivity contribution in [2.45, 2.75) is 6.61 Å². The molecule has 0 aliphatic heterocycles. The van der Waals surface area contributed by atoms with E-state index in [4.69, 9.17) is 5.73 Å². The lowest BCUT2D eigenvalue weighted by atomic mass is 10.2. The molecule has 0 unspecified atom stereocenters. The molecule has 2 aromatic rings. The maximum Gasteiger partial charge on any atom is 0.387 e. The first-order valence-corrected chi connectivity index (χ1v) is 6.21. The minimum Gasteiger partial charge on any atom is -0.435 e. The second kappa shape index (κ2) is 5.88. The third kappa shape index (κ3) is 3.82. The van der Waals surface area contributed by atoms with Crippen LogP contribution in [0.1, 0.15) is 0 Å². The van der Waals surface area contributed by atoms with Crippen LogP contribution in [0.3, 0.4) is 0 Å². The van der Waals surface area contributed by atoms with Gasteiger partial charge in [0.15, 0.2) is 0 Å². The number of hydrogen-bond acceptors (Lipinski definition) is 3. The number of rotatable bonds is 4. The van der Waals surface area contributed by atoms with Crippen molar-refractivity contribution in [3.63, 3.8) is 0 Å². The summed E-state index contributed by atoms with van der Waals surface area (Å²) < 4.78 is 29.2. The summed E-state index contributed by atoms with van der Waals surface area (Å²) in [5.74, 6) is 0.115. The molecule has 0 radical (unpaired) electrons. The summed E-state index contributed by atoms with van der Waals surface area (Å²) in [7, 11) is 0. The van der Waals surface area contributed by atoms with E-state index in [1.807, 2.05) is 12.1 Å². The van der Waals surface area contributed by atoms with Gasteiger partial charge in [-0.25, -0.2) is 0 Å². The van der Waals surface area contributed by atoms with Gasteiger partial charge in [0.05, 0.1) is 11.4 Å². The van der Waals surface area contributed by atoms with Crippen LogP contribution in [0.2, 0.25) is 0 Å². The van der Waals surface area contributed by atoms with Gasteiger partial charge in [-0.1, -0.05) is 15.9 Å². The standard InChI is InChI=1S/C13H11BrF2N2O/c14-8-1-6-12(11(17)7-8)18-9-2-4-10(5-3-9)19-13(15)16/h1-7,13,18H,17H2. The molecule has 0 spiro atoms. The van der Waals surface area contributed by atoms with Crippen molar-refractivity contribution in [2.24, 2.45) is 0 Å². The Balaban J connectivity index is 2.10. The number of nitrogens with one attached hydrogen (secondary N) is 1. The van der Waals surface area contributed by atoms with E-state index >= 15 is 0 Å². The molecule has 3 nitrogen and oxygen atoms in total. The minimum absolute atomic E-state index is 0.115. The van der Waals surface area contributed by atoms with Crippen LogP contribution in [-0.2, 0) is 0 Å². The van der Waals surface area contributed by atoms with Crippen molar-refractivity contribution in [1.29, 1.82) is 0 Å². The van der Waals surface area contributed by atoms with Crippen molar-refractivity contribution >= 4 is 33.0 Å². The smallest absolute Gasteiger partial charge is 0.387 e. The lowest BCUT2D eigenvalue weighted by Gasteiger charge is -2.10. The summed E-state index contributed by atoms with van der Waals surface area (Å²) in [5.41, 5.74) is 7.91. The van der Waals surface area contributed by atoms with E-state index in [0.29, 0.717) is 5.69 Å². The van der Waals surface area contributed by atoms with E-state index in [9.17, 15) is 8.78 Å². The number of anilines is 3. The van der Waals surface area contributed by atoms with Gasteiger partial charge in [0.2, 0.25) is 0 Å². The lowest BCUT2D eigenvalue weighted by Crippen LogP contribution is -2.01. The maximum atomic E-state index is 12.0. The quantitative estimate of drug-likeness (QED) is 0.819. The van der Waals surface area contributed by atoms with Crippen LogP contribution in [0, 0.1) is 0 Å². The Morgan fingerprint density at radius 3 is 2.37 bits per heavy atom. The first-order chi connectivity index (χ1) is 9.04. The van der Waals surface area contributed by atoms with Crippen LogP contribution in [0.4, 0.5) is 25.8 Å². The molecule has 2 rings (SSSR count). The Bertz CT molecular complexity index is 561. The van der Waals surface area contributed by atoms with Crippen LogP contribution in [0.25, 0.3) is 0 Å². The van der Waals surface area contributed by atoms with Crippen LogP contribution in [0.15, 0.2) is 46.9 Å². The molecular formula is C13H11BrF2N2O. The zero-order chi connectivity index (χ0) is 13.8. The van der Waals surface area contributed by atoms with Gasteiger partial charge in [0.1, 0.15) is 5.75 Å². The molecule has 0 amide bonds. The molecule has 19 heavy (non-hydrogen) atoms. The summed E-state index contributed by atoms with van der Waals surface area (Å²) >= 11 is 3.32. The Morgan fingerprint density at radius 2 is 1.79 bits per heavy atom. The Morgan fingerprint density at radius 1 is 1.11 bits per heavy atom. The second-order valence-corrected chi connectivity index (χ2v) is 4.68. The minimum atomic E-state index is -2.82. The molecule has 0 saturated heterocycles. The number of nitrogen functional groups attached to an aromatic ring is 1. The highest BCUT2D eigenvalue weighted by molar-refractivity contribution is 9.10. The zero-order valence-corrected chi connectivity index (χ0v) is 11.3. The highest BCUT2D eigenvalue weighted by Gasteiger charge is 2.04. The number of alkyl halides is 2. The summed E-state index contributed by atoms with van der Waals surface area (Å²) in [6.45, 7) is -2.82. The third-order valence-electron chi connectivity index (χ3n) is 2.37. The molecule has 0 saturated carbocycles. The predicted molar refractivity (Wildman–Crippen MR) is 74.9 cm³/mol. The lowest BCUT2D eigenvalue weighted by molar-refractivity contribution is -0.0498. The Kier molecular flexibility index (Phi) is 4.21. The molecule has 0 heterocycles.